The second kappa shape index (κ2) is 7.99. The lowest BCUT2D eigenvalue weighted by molar-refractivity contribution is 0.303. The van der Waals surface area contributed by atoms with Crippen LogP contribution in [0.1, 0.15) is 0 Å². The van der Waals surface area contributed by atoms with Gasteiger partial charge in [0, 0.05) is 0 Å². The summed E-state index contributed by atoms with van der Waals surface area (Å²) >= 11 is 0. The average molecular weight is 260 g/mol. The fourth-order valence-corrected chi connectivity index (χ4v) is 0.673. The van der Waals surface area contributed by atoms with Crippen LogP contribution >= 0.6 is 0 Å². The van der Waals surface area contributed by atoms with E-state index in [9.17, 15) is 0 Å². The minimum atomic E-state index is -1.09. The summed E-state index contributed by atoms with van der Waals surface area (Å²) in [7, 11) is 0. The van der Waals surface area contributed by atoms with Gasteiger partial charge in [-0.15, -0.1) is 0 Å². The third kappa shape index (κ3) is 4.11. The number of rotatable bonds is 0. The van der Waals surface area contributed by atoms with Crippen molar-refractivity contribution in [1.29, 1.82) is 10.8 Å². The molecule has 0 heterocycles. The number of hydrogen-bond acceptors (Lipinski definition) is 10. The largest absolute Gasteiger partial charge is 0.502 e. The van der Waals surface area contributed by atoms with Crippen molar-refractivity contribution in [2.45, 2.75) is 0 Å². The number of phenolic OH excluding ortho intramolecular Hbond substituents is 6. The highest BCUT2D eigenvalue weighted by atomic mass is 16.4. The predicted molar refractivity (Wildman–Crippen MR) is 53.3 cm³/mol. The summed E-state index contributed by atoms with van der Waals surface area (Å²) in [6.45, 7) is 0. The zero-order valence-electron chi connectivity index (χ0n) is 8.50. The van der Waals surface area contributed by atoms with Crippen molar-refractivity contribution in [3.8, 4) is 34.5 Å². The molecule has 10 nitrogen and oxygen atoms in total. The number of hydrogen-bond donors (Lipinski definition) is 8. The van der Waals surface area contributed by atoms with Crippen molar-refractivity contribution in [1.82, 2.24) is 0 Å². The summed E-state index contributed by atoms with van der Waals surface area (Å²) in [6, 6.07) is 0. The molecule has 0 saturated heterocycles. The highest BCUT2D eigenvalue weighted by Crippen LogP contribution is 2.54. The van der Waals surface area contributed by atoms with Gasteiger partial charge in [0.25, 0.3) is 0 Å². The molecule has 0 atom stereocenters. The summed E-state index contributed by atoms with van der Waals surface area (Å²) in [5.41, 5.74) is 0. The van der Waals surface area contributed by atoms with Crippen LogP contribution in [0, 0.1) is 10.8 Å². The van der Waals surface area contributed by atoms with Gasteiger partial charge in [0.15, 0.2) is 0 Å². The molecule has 0 saturated carbocycles. The molecule has 0 aromatic heterocycles. The fourth-order valence-electron chi connectivity index (χ4n) is 0.673. The molecule has 98 valence electrons. The molecule has 0 radical (unpaired) electrons. The second-order valence-corrected chi connectivity index (χ2v) is 2.30. The molecule has 0 spiro atoms. The smallest absolute Gasteiger partial charge is 0.231 e. The number of isocyanates is 2. The van der Waals surface area contributed by atoms with Crippen LogP contribution < -0.4 is 0 Å². The van der Waals surface area contributed by atoms with Crippen molar-refractivity contribution in [3.05, 3.63) is 0 Å². The Morgan fingerprint density at radius 2 is 0.611 bits per heavy atom. The van der Waals surface area contributed by atoms with Gasteiger partial charge in [0.1, 0.15) is 0 Å². The molecule has 1 aromatic carbocycles. The van der Waals surface area contributed by atoms with Gasteiger partial charge in [-0.05, 0) is 0 Å². The van der Waals surface area contributed by atoms with Crippen molar-refractivity contribution >= 4 is 12.2 Å². The van der Waals surface area contributed by atoms with Gasteiger partial charge in [-0.2, -0.15) is 0 Å². The Morgan fingerprint density at radius 3 is 0.667 bits per heavy atom. The zero-order valence-corrected chi connectivity index (χ0v) is 8.50. The lowest BCUT2D eigenvalue weighted by Gasteiger charge is -2.06. The van der Waals surface area contributed by atoms with E-state index in [1.165, 1.54) is 0 Å². The van der Waals surface area contributed by atoms with Crippen molar-refractivity contribution in [3.63, 3.8) is 0 Å². The first-order valence-electron chi connectivity index (χ1n) is 3.75. The van der Waals surface area contributed by atoms with Gasteiger partial charge in [0.2, 0.25) is 46.7 Å². The van der Waals surface area contributed by atoms with E-state index in [1.54, 1.807) is 0 Å². The van der Waals surface area contributed by atoms with Gasteiger partial charge < -0.3 is 30.6 Å². The van der Waals surface area contributed by atoms with E-state index in [1.807, 2.05) is 0 Å². The van der Waals surface area contributed by atoms with Crippen LogP contribution in [-0.4, -0.2) is 42.8 Å². The Morgan fingerprint density at radius 1 is 0.556 bits per heavy atom. The molecule has 0 bridgehead atoms. The number of carbonyl (C=O) groups excluding carboxylic acids is 2. The van der Waals surface area contributed by atoms with E-state index in [0.717, 1.165) is 12.2 Å². The van der Waals surface area contributed by atoms with Gasteiger partial charge in [0.05, 0.1) is 0 Å². The zero-order chi connectivity index (χ0) is 14.9. The average Bonchev–Trinajstić information content (AvgIpc) is 2.34. The molecule has 0 aliphatic carbocycles. The molecule has 0 aliphatic rings. The highest BCUT2D eigenvalue weighted by Gasteiger charge is 2.22. The standard InChI is InChI=1S/C6H6O6.2CHNO/c7-1-2(8)4(10)6(12)5(11)3(1)9;2*2-1-3/h7-12H;2*2H. The van der Waals surface area contributed by atoms with E-state index in [0.29, 0.717) is 0 Å². The molecule has 18 heavy (non-hydrogen) atoms. The van der Waals surface area contributed by atoms with Gasteiger partial charge in [-0.1, -0.05) is 0 Å². The number of aromatic hydroxyl groups is 6. The van der Waals surface area contributed by atoms with Crippen LogP contribution in [-0.2, 0) is 9.59 Å². The van der Waals surface area contributed by atoms with E-state index >= 15 is 0 Å². The third-order valence-electron chi connectivity index (χ3n) is 1.35. The van der Waals surface area contributed by atoms with Crippen LogP contribution in [0.3, 0.4) is 0 Å². The number of nitrogens with one attached hydrogen (secondary N) is 2. The third-order valence-corrected chi connectivity index (χ3v) is 1.35. The normalized spacial score (nSPS) is 7.56. The molecule has 0 fully saturated rings. The van der Waals surface area contributed by atoms with Crippen LogP contribution in [0.2, 0.25) is 0 Å². The monoisotopic (exact) mass is 260 g/mol. The summed E-state index contributed by atoms with van der Waals surface area (Å²) in [4.78, 5) is 16.7. The van der Waals surface area contributed by atoms with E-state index in [2.05, 4.69) is 0 Å². The summed E-state index contributed by atoms with van der Waals surface area (Å²) in [6.07, 6.45) is 1.50. The molecular formula is C8H8N2O8. The topological polar surface area (TPSA) is 203 Å². The maximum atomic E-state index is 8.76. The maximum Gasteiger partial charge on any atom is 0.231 e. The lowest BCUT2D eigenvalue weighted by Crippen LogP contribution is -1.77. The van der Waals surface area contributed by atoms with E-state index in [4.69, 9.17) is 51.0 Å². The van der Waals surface area contributed by atoms with Gasteiger partial charge in [-0.3, -0.25) is 0 Å². The number of phenols is 6. The molecular weight excluding hydrogens is 252 g/mol. The Hall–Kier alpha value is -3.22. The second-order valence-electron chi connectivity index (χ2n) is 2.30. The minimum absolute atomic E-state index is 0.750. The first-order valence-corrected chi connectivity index (χ1v) is 3.75. The summed E-state index contributed by atoms with van der Waals surface area (Å²) < 4.78 is 0. The molecule has 1 aromatic rings. The van der Waals surface area contributed by atoms with Crippen LogP contribution in [0.4, 0.5) is 0 Å². The van der Waals surface area contributed by atoms with Gasteiger partial charge >= 0.3 is 0 Å². The Balaban J connectivity index is 0. The van der Waals surface area contributed by atoms with Crippen molar-refractivity contribution in [2.24, 2.45) is 0 Å². The van der Waals surface area contributed by atoms with Crippen LogP contribution in [0.5, 0.6) is 34.5 Å². The van der Waals surface area contributed by atoms with E-state index in [-0.39, 0.29) is 0 Å². The Labute approximate surface area is 98.6 Å². The van der Waals surface area contributed by atoms with Crippen molar-refractivity contribution < 1.29 is 40.2 Å². The van der Waals surface area contributed by atoms with Crippen molar-refractivity contribution in [2.75, 3.05) is 0 Å². The highest BCUT2D eigenvalue weighted by molar-refractivity contribution is 5.70. The quantitative estimate of drug-likeness (QED) is 0.134. The maximum absolute atomic E-state index is 8.76. The fraction of sp³-hybridized carbons (Fsp3) is 0. The first kappa shape index (κ1) is 17.2. The molecule has 1 rings (SSSR count). The summed E-state index contributed by atoms with van der Waals surface area (Å²) in [5, 5.41) is 63.4. The predicted octanol–water partition coefficient (Wildman–Crippen LogP) is -0.278. The summed E-state index contributed by atoms with van der Waals surface area (Å²) in [5.74, 6) is -6.57. The minimum Gasteiger partial charge on any atom is -0.502 e. The Bertz CT molecular complexity index is 369. The molecule has 8 N–H and O–H groups in total. The first-order chi connectivity index (χ1) is 8.29. The molecule has 10 heteroatoms. The SMILES string of the molecule is N=C=O.N=C=O.Oc1c(O)c(O)c(O)c(O)c1O. The Kier molecular flexibility index (Phi) is 7.63. The number of benzene rings is 1. The van der Waals surface area contributed by atoms with E-state index < -0.39 is 34.5 Å². The molecule has 0 unspecified atom stereocenters. The van der Waals surface area contributed by atoms with Crippen LogP contribution in [0.15, 0.2) is 0 Å². The molecule has 0 amide bonds. The van der Waals surface area contributed by atoms with Crippen LogP contribution in [0.25, 0.3) is 0 Å². The van der Waals surface area contributed by atoms with Gasteiger partial charge in [-0.25, -0.2) is 20.4 Å². The molecule has 0 aliphatic heterocycles. The lowest BCUT2D eigenvalue weighted by atomic mass is 10.2.